The van der Waals surface area contributed by atoms with E-state index in [2.05, 4.69) is 23.8 Å². The molecule has 2 saturated heterocycles. The Kier molecular flexibility index (Phi) is 5.01. The third-order valence-corrected chi connectivity index (χ3v) is 4.18. The zero-order chi connectivity index (χ0) is 13.0. The lowest BCUT2D eigenvalue weighted by molar-refractivity contribution is -0.151. The molecule has 0 bridgehead atoms. The van der Waals surface area contributed by atoms with Gasteiger partial charge >= 0.3 is 0 Å². The third kappa shape index (κ3) is 3.23. The van der Waals surface area contributed by atoms with Crippen molar-refractivity contribution in [3.63, 3.8) is 0 Å². The van der Waals surface area contributed by atoms with Crippen LogP contribution in [0, 0.1) is 0 Å². The van der Waals surface area contributed by atoms with Crippen LogP contribution in [0.1, 0.15) is 39.0 Å². The number of carbonyl (C=O) groups excluding carboxylic acids is 1. The van der Waals surface area contributed by atoms with Gasteiger partial charge in [0.1, 0.15) is 6.10 Å². The zero-order valence-electron chi connectivity index (χ0n) is 11.7. The van der Waals surface area contributed by atoms with Gasteiger partial charge in [-0.05, 0) is 26.3 Å². The van der Waals surface area contributed by atoms with Gasteiger partial charge in [-0.3, -0.25) is 4.79 Å². The van der Waals surface area contributed by atoms with Gasteiger partial charge in [-0.15, -0.1) is 0 Å². The molecule has 2 aliphatic rings. The number of carbonyl (C=O) groups is 1. The smallest absolute Gasteiger partial charge is 0.253 e. The van der Waals surface area contributed by atoms with Crippen molar-refractivity contribution >= 4 is 5.91 Å². The van der Waals surface area contributed by atoms with E-state index in [1.807, 2.05) is 0 Å². The van der Waals surface area contributed by atoms with E-state index >= 15 is 0 Å². The first-order valence-electron chi connectivity index (χ1n) is 7.33. The molecule has 0 spiro atoms. The molecule has 2 atom stereocenters. The van der Waals surface area contributed by atoms with Gasteiger partial charge in [-0.1, -0.05) is 19.8 Å². The topological polar surface area (TPSA) is 32.8 Å². The van der Waals surface area contributed by atoms with Gasteiger partial charge in [-0.2, -0.15) is 0 Å². The molecular formula is C14H26N2O2. The summed E-state index contributed by atoms with van der Waals surface area (Å²) < 4.78 is 5.66. The molecule has 4 heteroatoms. The number of amides is 1. The number of likely N-dealkylation sites (N-methyl/N-ethyl adjacent to an activating group) is 1. The SMILES string of the molecule is CCC1CCCCCN1C(=O)C1CN(C)CCO1. The summed E-state index contributed by atoms with van der Waals surface area (Å²) in [6.45, 7) is 5.45. The Morgan fingerprint density at radius 3 is 2.83 bits per heavy atom. The summed E-state index contributed by atoms with van der Waals surface area (Å²) in [5.74, 6) is 0.218. The molecule has 4 nitrogen and oxygen atoms in total. The maximum atomic E-state index is 12.6. The zero-order valence-corrected chi connectivity index (χ0v) is 11.7. The van der Waals surface area contributed by atoms with Crippen LogP contribution in [-0.2, 0) is 9.53 Å². The maximum Gasteiger partial charge on any atom is 0.253 e. The van der Waals surface area contributed by atoms with E-state index in [-0.39, 0.29) is 12.0 Å². The summed E-state index contributed by atoms with van der Waals surface area (Å²) in [6, 6.07) is 0.427. The number of morpholine rings is 1. The van der Waals surface area contributed by atoms with Gasteiger partial charge in [0.15, 0.2) is 0 Å². The average molecular weight is 254 g/mol. The molecule has 2 rings (SSSR count). The lowest BCUT2D eigenvalue weighted by Gasteiger charge is -2.36. The van der Waals surface area contributed by atoms with Gasteiger partial charge in [-0.25, -0.2) is 0 Å². The van der Waals surface area contributed by atoms with Crippen molar-refractivity contribution in [3.05, 3.63) is 0 Å². The van der Waals surface area contributed by atoms with Crippen LogP contribution in [0.5, 0.6) is 0 Å². The van der Waals surface area contributed by atoms with Gasteiger partial charge in [0.05, 0.1) is 6.61 Å². The summed E-state index contributed by atoms with van der Waals surface area (Å²) in [5, 5.41) is 0. The molecule has 18 heavy (non-hydrogen) atoms. The summed E-state index contributed by atoms with van der Waals surface area (Å²) in [4.78, 5) is 16.9. The fraction of sp³-hybridized carbons (Fsp3) is 0.929. The molecular weight excluding hydrogens is 228 g/mol. The number of ether oxygens (including phenoxy) is 1. The molecule has 0 aromatic carbocycles. The monoisotopic (exact) mass is 254 g/mol. The number of nitrogens with zero attached hydrogens (tertiary/aromatic N) is 2. The summed E-state index contributed by atoms with van der Waals surface area (Å²) in [7, 11) is 2.06. The second kappa shape index (κ2) is 6.53. The van der Waals surface area contributed by atoms with Crippen molar-refractivity contribution in [1.29, 1.82) is 0 Å². The van der Waals surface area contributed by atoms with Crippen molar-refractivity contribution in [2.45, 2.75) is 51.2 Å². The largest absolute Gasteiger partial charge is 0.366 e. The summed E-state index contributed by atoms with van der Waals surface area (Å²) >= 11 is 0. The first-order valence-corrected chi connectivity index (χ1v) is 7.33. The van der Waals surface area contributed by atoms with E-state index < -0.39 is 0 Å². The number of likely N-dealkylation sites (tertiary alicyclic amines) is 1. The Labute approximate surface area is 110 Å². The molecule has 2 fully saturated rings. The fourth-order valence-electron chi connectivity index (χ4n) is 3.00. The molecule has 0 aliphatic carbocycles. The predicted molar refractivity (Wildman–Crippen MR) is 71.5 cm³/mol. The Hall–Kier alpha value is -0.610. The maximum absolute atomic E-state index is 12.6. The highest BCUT2D eigenvalue weighted by Gasteiger charge is 2.32. The van der Waals surface area contributed by atoms with Crippen molar-refractivity contribution in [2.75, 3.05) is 33.3 Å². The van der Waals surface area contributed by atoms with Crippen LogP contribution in [0.2, 0.25) is 0 Å². The lowest BCUT2D eigenvalue weighted by atomic mass is 10.1. The average Bonchev–Trinajstić information content (AvgIpc) is 2.62. The van der Waals surface area contributed by atoms with Crippen LogP contribution < -0.4 is 0 Å². The predicted octanol–water partition coefficient (Wildman–Crippen LogP) is 1.50. The van der Waals surface area contributed by atoms with Gasteiger partial charge < -0.3 is 14.5 Å². The van der Waals surface area contributed by atoms with Crippen molar-refractivity contribution in [2.24, 2.45) is 0 Å². The van der Waals surface area contributed by atoms with E-state index in [0.717, 1.165) is 38.9 Å². The number of hydrogen-bond donors (Lipinski definition) is 0. The Balaban J connectivity index is 2.00. The minimum Gasteiger partial charge on any atom is -0.366 e. The van der Waals surface area contributed by atoms with E-state index in [9.17, 15) is 4.79 Å². The normalized spacial score (nSPS) is 31.1. The Morgan fingerprint density at radius 2 is 2.11 bits per heavy atom. The van der Waals surface area contributed by atoms with Gasteiger partial charge in [0, 0.05) is 25.7 Å². The first kappa shape index (κ1) is 13.8. The molecule has 2 unspecified atom stereocenters. The molecule has 0 aromatic rings. The van der Waals surface area contributed by atoms with E-state index in [1.165, 1.54) is 12.8 Å². The Bertz CT molecular complexity index is 283. The van der Waals surface area contributed by atoms with Crippen LogP contribution in [-0.4, -0.2) is 61.1 Å². The molecule has 2 heterocycles. The minimum atomic E-state index is -0.240. The van der Waals surface area contributed by atoms with Crippen LogP contribution in [0.15, 0.2) is 0 Å². The highest BCUT2D eigenvalue weighted by molar-refractivity contribution is 5.81. The minimum absolute atomic E-state index is 0.218. The third-order valence-electron chi connectivity index (χ3n) is 4.18. The van der Waals surface area contributed by atoms with Crippen LogP contribution in [0.25, 0.3) is 0 Å². The van der Waals surface area contributed by atoms with Gasteiger partial charge in [0.25, 0.3) is 5.91 Å². The van der Waals surface area contributed by atoms with Crippen molar-refractivity contribution in [3.8, 4) is 0 Å². The van der Waals surface area contributed by atoms with Crippen molar-refractivity contribution < 1.29 is 9.53 Å². The summed E-state index contributed by atoms with van der Waals surface area (Å²) in [6.07, 6.45) is 5.64. The fourth-order valence-corrected chi connectivity index (χ4v) is 3.00. The van der Waals surface area contributed by atoms with Crippen LogP contribution in [0.4, 0.5) is 0 Å². The number of hydrogen-bond acceptors (Lipinski definition) is 3. The molecule has 1 amide bonds. The lowest BCUT2D eigenvalue weighted by Crippen LogP contribution is -2.52. The molecule has 0 saturated carbocycles. The Morgan fingerprint density at radius 1 is 1.28 bits per heavy atom. The van der Waals surface area contributed by atoms with E-state index in [4.69, 9.17) is 4.74 Å². The first-order chi connectivity index (χ1) is 8.72. The molecule has 0 radical (unpaired) electrons. The van der Waals surface area contributed by atoms with Gasteiger partial charge in [0.2, 0.25) is 0 Å². The molecule has 0 N–H and O–H groups in total. The standard InChI is InChI=1S/C14H26N2O2/c1-3-12-7-5-4-6-8-16(12)14(17)13-11-15(2)9-10-18-13/h12-13H,3-11H2,1-2H3. The number of rotatable bonds is 2. The highest BCUT2D eigenvalue weighted by atomic mass is 16.5. The second-order valence-corrected chi connectivity index (χ2v) is 5.56. The van der Waals surface area contributed by atoms with Crippen LogP contribution >= 0.6 is 0 Å². The second-order valence-electron chi connectivity index (χ2n) is 5.56. The molecule has 0 aromatic heterocycles. The summed E-state index contributed by atoms with van der Waals surface area (Å²) in [5.41, 5.74) is 0. The molecule has 104 valence electrons. The quantitative estimate of drug-likeness (QED) is 0.748. The van der Waals surface area contributed by atoms with E-state index in [1.54, 1.807) is 0 Å². The van der Waals surface area contributed by atoms with E-state index in [0.29, 0.717) is 12.6 Å². The van der Waals surface area contributed by atoms with Crippen LogP contribution in [0.3, 0.4) is 0 Å². The molecule has 2 aliphatic heterocycles. The highest BCUT2D eigenvalue weighted by Crippen LogP contribution is 2.21. The van der Waals surface area contributed by atoms with Crippen molar-refractivity contribution in [1.82, 2.24) is 9.80 Å².